The molecule has 0 atom stereocenters. The summed E-state index contributed by atoms with van der Waals surface area (Å²) in [5.41, 5.74) is 0.761. The van der Waals surface area contributed by atoms with Gasteiger partial charge in [0, 0.05) is 11.1 Å². The number of Topliss-reactive ketones (excluding diaryl/α,β-unsaturated/α-hetero) is 1. The van der Waals surface area contributed by atoms with Gasteiger partial charge in [0.2, 0.25) is 5.78 Å². The largest absolute Gasteiger partial charge is 0.504 e. The zero-order chi connectivity index (χ0) is 11.0. The minimum Gasteiger partial charge on any atom is -0.504 e. The third-order valence-electron chi connectivity index (χ3n) is 2.25. The predicted octanol–water partition coefficient (Wildman–Crippen LogP) is 1.61. The fourth-order valence-corrected chi connectivity index (χ4v) is 1.81. The van der Waals surface area contributed by atoms with Crippen LogP contribution in [0.2, 0.25) is 0 Å². The highest BCUT2D eigenvalue weighted by molar-refractivity contribution is 7.81. The van der Waals surface area contributed by atoms with Crippen LogP contribution in [0.1, 0.15) is 15.9 Å². The van der Waals surface area contributed by atoms with Gasteiger partial charge in [0.25, 0.3) is 0 Å². The Kier molecular flexibility index (Phi) is 2.21. The van der Waals surface area contributed by atoms with Crippen LogP contribution in [-0.4, -0.2) is 22.0 Å². The van der Waals surface area contributed by atoms with Crippen molar-refractivity contribution in [1.82, 2.24) is 0 Å². The van der Waals surface area contributed by atoms with E-state index in [1.54, 1.807) is 24.3 Å². The summed E-state index contributed by atoms with van der Waals surface area (Å²) in [5.74, 6) is -1.12. The Balaban J connectivity index is 2.73. The fourth-order valence-electron chi connectivity index (χ4n) is 1.49. The maximum atomic E-state index is 11.6. The number of aliphatic hydroxyl groups is 1. The average Bonchev–Trinajstić information content (AvgIpc) is 2.27. The van der Waals surface area contributed by atoms with Gasteiger partial charge in [-0.2, -0.15) is 0 Å². The van der Waals surface area contributed by atoms with Crippen molar-refractivity contribution in [2.75, 3.05) is 0 Å². The highest BCUT2D eigenvalue weighted by Crippen LogP contribution is 2.24. The molecule has 3 nitrogen and oxygen atoms in total. The molecule has 2 rings (SSSR count). The highest BCUT2D eigenvalue weighted by atomic mass is 32.1. The van der Waals surface area contributed by atoms with Crippen LogP contribution in [0.5, 0.6) is 0 Å². The van der Waals surface area contributed by atoms with E-state index in [9.17, 15) is 14.7 Å². The molecule has 1 N–H and O–H groups in total. The number of fused-ring (bicyclic) bond motifs is 1. The zero-order valence-corrected chi connectivity index (χ0v) is 8.38. The Bertz CT molecular complexity index is 514. The molecule has 0 unspecified atom stereocenters. The van der Waals surface area contributed by atoms with Crippen molar-refractivity contribution >= 4 is 29.2 Å². The number of thiocarbonyl (C=S) groups is 1. The second-order valence-corrected chi connectivity index (χ2v) is 3.49. The summed E-state index contributed by atoms with van der Waals surface area (Å²) in [6.45, 7) is 0. The number of benzene rings is 1. The number of hydrogen-bond donors (Lipinski definition) is 1. The summed E-state index contributed by atoms with van der Waals surface area (Å²) in [5, 5.41) is 9.47. The fraction of sp³-hybridized carbons (Fsp3) is 0. The lowest BCUT2D eigenvalue weighted by Gasteiger charge is -2.15. The summed E-state index contributed by atoms with van der Waals surface area (Å²) < 4.78 is 0. The maximum Gasteiger partial charge on any atom is 0.228 e. The van der Waals surface area contributed by atoms with Crippen molar-refractivity contribution in [3.05, 3.63) is 46.7 Å². The van der Waals surface area contributed by atoms with Crippen molar-refractivity contribution in [3.63, 3.8) is 0 Å². The molecule has 0 saturated carbocycles. The lowest BCUT2D eigenvalue weighted by atomic mass is 9.90. The van der Waals surface area contributed by atoms with Crippen LogP contribution in [0.15, 0.2) is 35.6 Å². The van der Waals surface area contributed by atoms with E-state index in [1.165, 1.54) is 0 Å². The van der Waals surface area contributed by atoms with E-state index in [1.807, 2.05) is 0 Å². The van der Waals surface area contributed by atoms with Gasteiger partial charge in [-0.3, -0.25) is 9.59 Å². The minimum atomic E-state index is -0.561. The van der Waals surface area contributed by atoms with E-state index in [2.05, 4.69) is 0 Å². The van der Waals surface area contributed by atoms with E-state index in [0.29, 0.717) is 17.4 Å². The lowest BCUT2D eigenvalue weighted by Crippen LogP contribution is -2.21. The predicted molar refractivity (Wildman–Crippen MR) is 58.2 cm³/mol. The van der Waals surface area contributed by atoms with E-state index in [0.717, 1.165) is 0 Å². The van der Waals surface area contributed by atoms with Crippen LogP contribution < -0.4 is 0 Å². The van der Waals surface area contributed by atoms with Crippen LogP contribution in [0.4, 0.5) is 0 Å². The van der Waals surface area contributed by atoms with Gasteiger partial charge >= 0.3 is 0 Å². The Morgan fingerprint density at radius 1 is 1.20 bits per heavy atom. The number of allylic oxidation sites excluding steroid dienone is 2. The van der Waals surface area contributed by atoms with E-state index in [-0.39, 0.29) is 10.4 Å². The van der Waals surface area contributed by atoms with Crippen molar-refractivity contribution in [2.24, 2.45) is 0 Å². The minimum absolute atomic E-state index is 0.103. The molecule has 0 heterocycles. The number of rotatable bonds is 1. The average molecular weight is 218 g/mol. The molecule has 74 valence electrons. The molecule has 0 aliphatic heterocycles. The van der Waals surface area contributed by atoms with Gasteiger partial charge in [-0.25, -0.2) is 0 Å². The molecule has 4 heteroatoms. The molecule has 1 aromatic rings. The number of carbonyl (C=O) groups excluding carboxylic acids is 2. The Hall–Kier alpha value is -1.81. The Morgan fingerprint density at radius 3 is 2.40 bits per heavy atom. The summed E-state index contributed by atoms with van der Waals surface area (Å²) >= 11 is 5.01. The van der Waals surface area contributed by atoms with Gasteiger partial charge in [-0.15, -0.1) is 0 Å². The molecule has 0 aromatic heterocycles. The summed E-state index contributed by atoms with van der Waals surface area (Å²) in [6.07, 6.45) is 0.408. The number of ketones is 1. The number of carbonyl (C=O) groups is 2. The first kappa shape index (κ1) is 9.73. The first-order valence-electron chi connectivity index (χ1n) is 4.23. The molecular formula is C11H6O3S. The summed E-state index contributed by atoms with van der Waals surface area (Å²) in [6, 6.07) is 6.63. The first-order chi connectivity index (χ1) is 7.16. The van der Waals surface area contributed by atoms with Crippen molar-refractivity contribution in [2.45, 2.75) is 0 Å². The zero-order valence-electron chi connectivity index (χ0n) is 7.56. The van der Waals surface area contributed by atoms with Crippen LogP contribution >= 0.6 is 12.2 Å². The van der Waals surface area contributed by atoms with E-state index in [4.69, 9.17) is 12.2 Å². The monoisotopic (exact) mass is 218 g/mol. The van der Waals surface area contributed by atoms with E-state index >= 15 is 0 Å². The molecule has 0 amide bonds. The molecule has 1 aliphatic carbocycles. The molecule has 0 fully saturated rings. The molecule has 1 aliphatic rings. The molecule has 0 bridgehead atoms. The molecular weight excluding hydrogens is 212 g/mol. The van der Waals surface area contributed by atoms with Gasteiger partial charge < -0.3 is 5.11 Å². The lowest BCUT2D eigenvalue weighted by molar-refractivity contribution is -0.104. The SMILES string of the molecule is O=CC1=C(O)C(=O)c2ccccc2C1=S. The summed E-state index contributed by atoms with van der Waals surface area (Å²) in [4.78, 5) is 22.5. The van der Waals surface area contributed by atoms with Crippen LogP contribution in [0.3, 0.4) is 0 Å². The number of aliphatic hydroxyl groups excluding tert-OH is 1. The standard InChI is InChI=1S/C11H6O3S/c12-5-8-10(14)9(13)6-3-1-2-4-7(6)11(8)15/h1-5,14H. The Morgan fingerprint density at radius 2 is 1.80 bits per heavy atom. The molecule has 1 aromatic carbocycles. The van der Waals surface area contributed by atoms with Gasteiger partial charge in [-0.05, 0) is 0 Å². The highest BCUT2D eigenvalue weighted by Gasteiger charge is 2.28. The third-order valence-corrected chi connectivity index (χ3v) is 2.69. The van der Waals surface area contributed by atoms with Gasteiger partial charge in [0.1, 0.15) is 0 Å². The van der Waals surface area contributed by atoms with Crippen LogP contribution in [-0.2, 0) is 4.79 Å². The summed E-state index contributed by atoms with van der Waals surface area (Å²) in [7, 11) is 0. The third kappa shape index (κ3) is 1.30. The normalized spacial score (nSPS) is 15.2. The van der Waals surface area contributed by atoms with Crippen molar-refractivity contribution in [3.8, 4) is 0 Å². The van der Waals surface area contributed by atoms with Crippen molar-refractivity contribution < 1.29 is 14.7 Å². The first-order valence-corrected chi connectivity index (χ1v) is 4.64. The molecule has 0 radical (unpaired) electrons. The van der Waals surface area contributed by atoms with Gasteiger partial charge in [0.15, 0.2) is 12.0 Å². The quantitative estimate of drug-likeness (QED) is 0.574. The Labute approximate surface area is 91.0 Å². The van der Waals surface area contributed by atoms with E-state index < -0.39 is 11.5 Å². The number of hydrogen-bond acceptors (Lipinski definition) is 4. The van der Waals surface area contributed by atoms with Crippen LogP contribution in [0, 0.1) is 0 Å². The number of aldehydes is 1. The second kappa shape index (κ2) is 3.40. The van der Waals surface area contributed by atoms with Gasteiger partial charge in [0.05, 0.1) is 10.4 Å². The molecule has 15 heavy (non-hydrogen) atoms. The molecule has 0 spiro atoms. The smallest absolute Gasteiger partial charge is 0.228 e. The van der Waals surface area contributed by atoms with Gasteiger partial charge in [-0.1, -0.05) is 36.5 Å². The van der Waals surface area contributed by atoms with Crippen molar-refractivity contribution in [1.29, 1.82) is 0 Å². The maximum absolute atomic E-state index is 11.6. The van der Waals surface area contributed by atoms with Crippen LogP contribution in [0.25, 0.3) is 0 Å². The topological polar surface area (TPSA) is 54.4 Å². The molecule has 0 saturated heterocycles. The second-order valence-electron chi connectivity index (χ2n) is 3.08.